The van der Waals surface area contributed by atoms with Crippen LogP contribution in [0.3, 0.4) is 0 Å². The van der Waals surface area contributed by atoms with Crippen LogP contribution < -0.4 is 10.1 Å². The van der Waals surface area contributed by atoms with E-state index in [1.54, 1.807) is 0 Å². The number of fused-ring (bicyclic) bond motifs is 1. The fourth-order valence-corrected chi connectivity index (χ4v) is 3.71. The molecule has 0 radical (unpaired) electrons. The maximum absolute atomic E-state index is 6.20. The minimum absolute atomic E-state index is 0.0638. The molecule has 0 spiro atoms. The maximum Gasteiger partial charge on any atom is 0.128 e. The maximum atomic E-state index is 6.20. The van der Waals surface area contributed by atoms with E-state index in [4.69, 9.17) is 4.74 Å². The predicted molar refractivity (Wildman–Crippen MR) is 77.1 cm³/mol. The van der Waals surface area contributed by atoms with E-state index in [2.05, 4.69) is 54.2 Å². The van der Waals surface area contributed by atoms with Crippen LogP contribution in [0.2, 0.25) is 0 Å². The van der Waals surface area contributed by atoms with Crippen molar-refractivity contribution < 1.29 is 4.74 Å². The van der Waals surface area contributed by atoms with E-state index in [1.165, 1.54) is 24.0 Å². The standard InChI is InChI=1S/C15H20BrNO/c1-14(2)9-10-7-11(16)8-12(13(10)18-14)15(3)5-4-6-17-15/h7-8,17H,4-6,9H2,1-3H3. The van der Waals surface area contributed by atoms with Crippen LogP contribution in [0.1, 0.15) is 44.7 Å². The highest BCUT2D eigenvalue weighted by molar-refractivity contribution is 9.10. The molecule has 98 valence electrons. The van der Waals surface area contributed by atoms with Crippen molar-refractivity contribution in [3.63, 3.8) is 0 Å². The molecule has 2 nitrogen and oxygen atoms in total. The molecule has 1 saturated heterocycles. The summed E-state index contributed by atoms with van der Waals surface area (Å²) in [7, 11) is 0. The van der Waals surface area contributed by atoms with Crippen LogP contribution in [0.4, 0.5) is 0 Å². The summed E-state index contributed by atoms with van der Waals surface area (Å²) < 4.78 is 7.36. The van der Waals surface area contributed by atoms with Crippen LogP contribution >= 0.6 is 15.9 Å². The summed E-state index contributed by atoms with van der Waals surface area (Å²) in [6.45, 7) is 7.71. The molecular weight excluding hydrogens is 290 g/mol. The van der Waals surface area contributed by atoms with Gasteiger partial charge in [0.15, 0.2) is 0 Å². The summed E-state index contributed by atoms with van der Waals surface area (Å²) in [5.41, 5.74) is 2.63. The monoisotopic (exact) mass is 309 g/mol. The first-order valence-electron chi connectivity index (χ1n) is 6.67. The van der Waals surface area contributed by atoms with Crippen LogP contribution in [0.25, 0.3) is 0 Å². The lowest BCUT2D eigenvalue weighted by Gasteiger charge is -2.28. The predicted octanol–water partition coefficient (Wildman–Crippen LogP) is 3.76. The first-order chi connectivity index (χ1) is 8.40. The van der Waals surface area contributed by atoms with Gasteiger partial charge < -0.3 is 10.1 Å². The number of halogens is 1. The minimum Gasteiger partial charge on any atom is -0.487 e. The van der Waals surface area contributed by atoms with E-state index in [0.29, 0.717) is 0 Å². The highest BCUT2D eigenvalue weighted by atomic mass is 79.9. The van der Waals surface area contributed by atoms with Crippen molar-refractivity contribution in [3.8, 4) is 5.75 Å². The van der Waals surface area contributed by atoms with Crippen molar-refractivity contribution in [2.75, 3.05) is 6.54 Å². The number of nitrogens with one attached hydrogen (secondary N) is 1. The summed E-state index contributed by atoms with van der Waals surface area (Å²) in [4.78, 5) is 0. The summed E-state index contributed by atoms with van der Waals surface area (Å²) in [5, 5.41) is 3.63. The highest BCUT2D eigenvalue weighted by Crippen LogP contribution is 2.45. The minimum atomic E-state index is -0.0765. The van der Waals surface area contributed by atoms with Crippen LogP contribution in [0, 0.1) is 0 Å². The SMILES string of the molecule is CC1(C)Cc2cc(Br)cc(C3(C)CCCN3)c2O1. The molecule has 1 unspecified atom stereocenters. The topological polar surface area (TPSA) is 21.3 Å². The van der Waals surface area contributed by atoms with Gasteiger partial charge in [-0.1, -0.05) is 15.9 Å². The van der Waals surface area contributed by atoms with Gasteiger partial charge in [-0.3, -0.25) is 0 Å². The van der Waals surface area contributed by atoms with E-state index in [9.17, 15) is 0 Å². The van der Waals surface area contributed by atoms with Crippen molar-refractivity contribution in [1.29, 1.82) is 0 Å². The second-order valence-corrected chi connectivity index (χ2v) is 7.26. The van der Waals surface area contributed by atoms with Crippen LogP contribution in [-0.4, -0.2) is 12.1 Å². The molecule has 3 heteroatoms. The third-order valence-electron chi connectivity index (χ3n) is 4.09. The van der Waals surface area contributed by atoms with Crippen LogP contribution in [0.15, 0.2) is 16.6 Å². The Morgan fingerprint density at radius 1 is 1.28 bits per heavy atom. The van der Waals surface area contributed by atoms with E-state index in [1.807, 2.05) is 0 Å². The molecule has 2 heterocycles. The van der Waals surface area contributed by atoms with E-state index in [-0.39, 0.29) is 11.1 Å². The van der Waals surface area contributed by atoms with Gasteiger partial charge in [0.1, 0.15) is 11.4 Å². The summed E-state index contributed by atoms with van der Waals surface area (Å²) in [6, 6.07) is 4.42. The van der Waals surface area contributed by atoms with Gasteiger partial charge >= 0.3 is 0 Å². The molecule has 0 amide bonds. The van der Waals surface area contributed by atoms with Gasteiger partial charge in [-0.2, -0.15) is 0 Å². The fourth-order valence-electron chi connectivity index (χ4n) is 3.21. The molecule has 3 rings (SSSR count). The summed E-state index contributed by atoms with van der Waals surface area (Å²) in [6.07, 6.45) is 3.41. The van der Waals surface area contributed by atoms with Crippen molar-refractivity contribution >= 4 is 15.9 Å². The summed E-state index contributed by atoms with van der Waals surface area (Å²) >= 11 is 3.64. The molecular formula is C15H20BrNO. The molecule has 1 N–H and O–H groups in total. The average molecular weight is 310 g/mol. The van der Waals surface area contributed by atoms with Gasteiger partial charge in [-0.25, -0.2) is 0 Å². The van der Waals surface area contributed by atoms with E-state index in [0.717, 1.165) is 23.2 Å². The van der Waals surface area contributed by atoms with Gasteiger partial charge in [0.25, 0.3) is 0 Å². The van der Waals surface area contributed by atoms with Crippen LogP contribution in [-0.2, 0) is 12.0 Å². The second kappa shape index (κ2) is 3.97. The molecule has 18 heavy (non-hydrogen) atoms. The van der Waals surface area contributed by atoms with Gasteiger partial charge in [0, 0.05) is 22.0 Å². The zero-order valence-electron chi connectivity index (χ0n) is 11.3. The first kappa shape index (κ1) is 12.5. The molecule has 2 aliphatic heterocycles. The normalized spacial score (nSPS) is 29.1. The quantitative estimate of drug-likeness (QED) is 0.853. The fraction of sp³-hybridized carbons (Fsp3) is 0.600. The lowest BCUT2D eigenvalue weighted by molar-refractivity contribution is 0.135. The van der Waals surface area contributed by atoms with Gasteiger partial charge in [-0.15, -0.1) is 0 Å². The van der Waals surface area contributed by atoms with Gasteiger partial charge in [0.2, 0.25) is 0 Å². The van der Waals surface area contributed by atoms with Gasteiger partial charge in [0.05, 0.1) is 0 Å². The van der Waals surface area contributed by atoms with E-state index >= 15 is 0 Å². The lowest BCUT2D eigenvalue weighted by Crippen LogP contribution is -2.34. The molecule has 0 saturated carbocycles. The Kier molecular flexibility index (Phi) is 2.76. The molecule has 1 aromatic rings. The number of ether oxygens (including phenoxy) is 1. The Morgan fingerprint density at radius 3 is 2.72 bits per heavy atom. The number of hydrogen-bond donors (Lipinski definition) is 1. The highest BCUT2D eigenvalue weighted by Gasteiger charge is 2.39. The van der Waals surface area contributed by atoms with Crippen LogP contribution in [0.5, 0.6) is 5.75 Å². The smallest absolute Gasteiger partial charge is 0.128 e. The third kappa shape index (κ3) is 1.97. The Labute approximate surface area is 117 Å². The zero-order chi connectivity index (χ0) is 13.0. The van der Waals surface area contributed by atoms with Gasteiger partial charge in [-0.05, 0) is 57.9 Å². The average Bonchev–Trinajstić information content (AvgIpc) is 2.80. The third-order valence-corrected chi connectivity index (χ3v) is 4.55. The molecule has 0 bridgehead atoms. The first-order valence-corrected chi connectivity index (χ1v) is 7.46. The molecule has 1 aromatic carbocycles. The number of hydrogen-bond acceptors (Lipinski definition) is 2. The largest absolute Gasteiger partial charge is 0.487 e. The Balaban J connectivity index is 2.11. The van der Waals surface area contributed by atoms with Crippen molar-refractivity contribution in [3.05, 3.63) is 27.7 Å². The lowest BCUT2D eigenvalue weighted by atomic mass is 9.88. The Hall–Kier alpha value is -0.540. The molecule has 0 aliphatic carbocycles. The Bertz CT molecular complexity index is 490. The number of benzene rings is 1. The van der Waals surface area contributed by atoms with Crippen molar-refractivity contribution in [2.24, 2.45) is 0 Å². The second-order valence-electron chi connectivity index (χ2n) is 6.34. The van der Waals surface area contributed by atoms with E-state index < -0.39 is 0 Å². The molecule has 1 fully saturated rings. The number of rotatable bonds is 1. The summed E-state index contributed by atoms with van der Waals surface area (Å²) in [5.74, 6) is 1.11. The molecule has 2 aliphatic rings. The molecule has 1 atom stereocenters. The zero-order valence-corrected chi connectivity index (χ0v) is 12.9. The molecule has 0 aromatic heterocycles. The Morgan fingerprint density at radius 2 is 2.06 bits per heavy atom. The van der Waals surface area contributed by atoms with Crippen molar-refractivity contribution in [2.45, 2.75) is 51.2 Å². The van der Waals surface area contributed by atoms with Crippen molar-refractivity contribution in [1.82, 2.24) is 5.32 Å².